The minimum absolute atomic E-state index is 0.301. The van der Waals surface area contributed by atoms with Gasteiger partial charge < -0.3 is 9.80 Å². The molecule has 0 N–H and O–H groups in total. The molecule has 1 aromatic heterocycles. The molecule has 0 radical (unpaired) electrons. The smallest absolute Gasteiger partial charge is 0.135 e. The van der Waals surface area contributed by atoms with Crippen LogP contribution in [-0.2, 0) is 0 Å². The number of rotatable bonds is 3. The Morgan fingerprint density at radius 3 is 2.67 bits per heavy atom. The lowest BCUT2D eigenvalue weighted by molar-refractivity contribution is 0.315. The monoisotopic (exact) mass is 268 g/mol. The molecule has 1 aliphatic heterocycles. The van der Waals surface area contributed by atoms with Crippen LogP contribution in [0.2, 0.25) is 5.15 Å². The third kappa shape index (κ3) is 2.93. The van der Waals surface area contributed by atoms with E-state index in [0.29, 0.717) is 17.1 Å². The summed E-state index contributed by atoms with van der Waals surface area (Å²) in [5, 5.41) is 0.539. The van der Waals surface area contributed by atoms with E-state index in [0.717, 1.165) is 24.7 Å². The van der Waals surface area contributed by atoms with Crippen LogP contribution in [0.3, 0.4) is 0 Å². The number of anilines is 1. The predicted octanol–water partition coefficient (Wildman–Crippen LogP) is 2.39. The maximum absolute atomic E-state index is 6.08. The Bertz CT molecular complexity index is 419. The van der Waals surface area contributed by atoms with Crippen LogP contribution in [0.15, 0.2) is 6.07 Å². The molecule has 4 nitrogen and oxygen atoms in total. The van der Waals surface area contributed by atoms with Gasteiger partial charge in [0.25, 0.3) is 0 Å². The highest BCUT2D eigenvalue weighted by Crippen LogP contribution is 2.24. The molecular formula is C13H21ClN4. The van der Waals surface area contributed by atoms with E-state index in [1.807, 2.05) is 6.07 Å². The Kier molecular flexibility index (Phi) is 4.07. The van der Waals surface area contributed by atoms with Crippen LogP contribution in [0.1, 0.15) is 32.0 Å². The summed E-state index contributed by atoms with van der Waals surface area (Å²) in [7, 11) is 4.25. The maximum Gasteiger partial charge on any atom is 0.135 e. The summed E-state index contributed by atoms with van der Waals surface area (Å²) >= 11 is 6.08. The molecule has 0 amide bonds. The second-order valence-corrected chi connectivity index (χ2v) is 5.80. The third-order valence-electron chi connectivity index (χ3n) is 3.43. The minimum atomic E-state index is 0.301. The highest BCUT2D eigenvalue weighted by Gasteiger charge is 2.25. The van der Waals surface area contributed by atoms with Gasteiger partial charge >= 0.3 is 0 Å². The van der Waals surface area contributed by atoms with Gasteiger partial charge in [-0.1, -0.05) is 25.4 Å². The largest absolute Gasteiger partial charge is 0.355 e. The molecule has 1 aliphatic rings. The average Bonchev–Trinajstić information content (AvgIpc) is 2.77. The van der Waals surface area contributed by atoms with Crippen molar-refractivity contribution < 1.29 is 0 Å². The minimum Gasteiger partial charge on any atom is -0.355 e. The van der Waals surface area contributed by atoms with Crippen molar-refractivity contribution in [1.82, 2.24) is 14.9 Å². The number of likely N-dealkylation sites (N-methyl/N-ethyl adjacent to an activating group) is 1. The van der Waals surface area contributed by atoms with Gasteiger partial charge in [0.2, 0.25) is 0 Å². The SMILES string of the molecule is CC(C)c1nc(Cl)cc(N2CCC(N(C)C)C2)n1. The first-order valence-electron chi connectivity index (χ1n) is 6.43. The van der Waals surface area contributed by atoms with Crippen molar-refractivity contribution in [3.05, 3.63) is 17.0 Å². The highest BCUT2D eigenvalue weighted by molar-refractivity contribution is 6.29. The molecule has 0 aliphatic carbocycles. The maximum atomic E-state index is 6.08. The lowest BCUT2D eigenvalue weighted by Crippen LogP contribution is -2.31. The van der Waals surface area contributed by atoms with Crippen LogP contribution in [-0.4, -0.2) is 48.1 Å². The molecule has 1 unspecified atom stereocenters. The normalized spacial score (nSPS) is 20.2. The van der Waals surface area contributed by atoms with Crippen molar-refractivity contribution in [1.29, 1.82) is 0 Å². The number of aromatic nitrogens is 2. The van der Waals surface area contributed by atoms with E-state index in [1.54, 1.807) is 0 Å². The van der Waals surface area contributed by atoms with Gasteiger partial charge in [-0.05, 0) is 20.5 Å². The van der Waals surface area contributed by atoms with E-state index in [-0.39, 0.29) is 0 Å². The number of hydrogen-bond donors (Lipinski definition) is 0. The molecule has 18 heavy (non-hydrogen) atoms. The topological polar surface area (TPSA) is 32.3 Å². The van der Waals surface area contributed by atoms with Crippen molar-refractivity contribution in [2.75, 3.05) is 32.1 Å². The van der Waals surface area contributed by atoms with E-state index in [2.05, 4.69) is 47.7 Å². The highest BCUT2D eigenvalue weighted by atomic mass is 35.5. The Labute approximate surface area is 114 Å². The standard InChI is InChI=1S/C13H21ClN4/c1-9(2)13-15-11(14)7-12(16-13)18-6-5-10(8-18)17(3)4/h7,9-10H,5-6,8H2,1-4H3. The Morgan fingerprint density at radius 1 is 1.39 bits per heavy atom. The van der Waals surface area contributed by atoms with Gasteiger partial charge in [0.15, 0.2) is 0 Å². The molecule has 1 aromatic rings. The summed E-state index contributed by atoms with van der Waals surface area (Å²) in [6.45, 7) is 6.22. The van der Waals surface area contributed by atoms with Crippen molar-refractivity contribution in [3.63, 3.8) is 0 Å². The van der Waals surface area contributed by atoms with Gasteiger partial charge in [0.05, 0.1) is 0 Å². The van der Waals surface area contributed by atoms with Gasteiger partial charge in [-0.2, -0.15) is 0 Å². The molecule has 1 atom stereocenters. The van der Waals surface area contributed by atoms with Crippen LogP contribution in [0, 0.1) is 0 Å². The van der Waals surface area contributed by atoms with E-state index < -0.39 is 0 Å². The number of halogens is 1. The van der Waals surface area contributed by atoms with Crippen molar-refractivity contribution >= 4 is 17.4 Å². The van der Waals surface area contributed by atoms with Gasteiger partial charge in [-0.25, -0.2) is 9.97 Å². The molecule has 0 bridgehead atoms. The zero-order chi connectivity index (χ0) is 13.3. The molecule has 1 fully saturated rings. The van der Waals surface area contributed by atoms with Crippen LogP contribution in [0.25, 0.3) is 0 Å². The second kappa shape index (κ2) is 5.41. The Hall–Kier alpha value is -0.870. The van der Waals surface area contributed by atoms with Gasteiger partial charge in [0.1, 0.15) is 16.8 Å². The zero-order valence-corrected chi connectivity index (χ0v) is 12.3. The first kappa shape index (κ1) is 13.6. The molecular weight excluding hydrogens is 248 g/mol. The predicted molar refractivity (Wildman–Crippen MR) is 75.4 cm³/mol. The van der Waals surface area contributed by atoms with E-state index in [4.69, 9.17) is 11.6 Å². The molecule has 0 aromatic carbocycles. The quantitative estimate of drug-likeness (QED) is 0.788. The summed E-state index contributed by atoms with van der Waals surface area (Å²) in [6, 6.07) is 2.46. The lowest BCUT2D eigenvalue weighted by atomic mass is 10.2. The van der Waals surface area contributed by atoms with Gasteiger partial charge in [-0.15, -0.1) is 0 Å². The summed E-state index contributed by atoms with van der Waals surface area (Å²) in [6.07, 6.45) is 1.17. The van der Waals surface area contributed by atoms with Crippen LogP contribution >= 0.6 is 11.6 Å². The van der Waals surface area contributed by atoms with Crippen LogP contribution in [0.5, 0.6) is 0 Å². The van der Waals surface area contributed by atoms with Gasteiger partial charge in [-0.3, -0.25) is 0 Å². The first-order valence-corrected chi connectivity index (χ1v) is 6.81. The van der Waals surface area contributed by atoms with Crippen molar-refractivity contribution in [2.24, 2.45) is 0 Å². The van der Waals surface area contributed by atoms with E-state index in [1.165, 1.54) is 6.42 Å². The third-order valence-corrected chi connectivity index (χ3v) is 3.63. The summed E-state index contributed by atoms with van der Waals surface area (Å²) in [4.78, 5) is 13.5. The Morgan fingerprint density at radius 2 is 2.11 bits per heavy atom. The first-order chi connectivity index (χ1) is 8.47. The fraction of sp³-hybridized carbons (Fsp3) is 0.692. The summed E-state index contributed by atoms with van der Waals surface area (Å²) in [5.74, 6) is 2.09. The zero-order valence-electron chi connectivity index (χ0n) is 11.5. The number of nitrogens with zero attached hydrogens (tertiary/aromatic N) is 4. The number of hydrogen-bond acceptors (Lipinski definition) is 4. The fourth-order valence-electron chi connectivity index (χ4n) is 2.21. The van der Waals surface area contributed by atoms with Crippen molar-refractivity contribution in [3.8, 4) is 0 Å². The molecule has 2 rings (SSSR count). The molecule has 100 valence electrons. The van der Waals surface area contributed by atoms with Crippen LogP contribution < -0.4 is 4.90 Å². The second-order valence-electron chi connectivity index (χ2n) is 5.41. The fourth-order valence-corrected chi connectivity index (χ4v) is 2.40. The summed E-state index contributed by atoms with van der Waals surface area (Å²) in [5.41, 5.74) is 0. The molecule has 0 saturated carbocycles. The van der Waals surface area contributed by atoms with Crippen LogP contribution in [0.4, 0.5) is 5.82 Å². The van der Waals surface area contributed by atoms with Gasteiger partial charge in [0, 0.05) is 31.1 Å². The molecule has 2 heterocycles. The van der Waals surface area contributed by atoms with E-state index in [9.17, 15) is 0 Å². The molecule has 1 saturated heterocycles. The lowest BCUT2D eigenvalue weighted by Gasteiger charge is -2.21. The molecule has 5 heteroatoms. The Balaban J connectivity index is 2.19. The molecule has 0 spiro atoms. The van der Waals surface area contributed by atoms with Crippen molar-refractivity contribution in [2.45, 2.75) is 32.2 Å². The average molecular weight is 269 g/mol. The summed E-state index contributed by atoms with van der Waals surface area (Å²) < 4.78 is 0. The van der Waals surface area contributed by atoms with E-state index >= 15 is 0 Å².